The van der Waals surface area contributed by atoms with Gasteiger partial charge in [-0.2, -0.15) is 0 Å². The van der Waals surface area contributed by atoms with E-state index in [0.29, 0.717) is 49.0 Å². The zero-order valence-electron chi connectivity index (χ0n) is 22.7. The van der Waals surface area contributed by atoms with E-state index in [9.17, 15) is 14.4 Å². The number of carbonyl (C=O) groups excluding carboxylic acids is 3. The van der Waals surface area contributed by atoms with Crippen LogP contribution < -0.4 is 4.90 Å². The van der Waals surface area contributed by atoms with Crippen LogP contribution in [0.15, 0.2) is 105 Å². The van der Waals surface area contributed by atoms with Crippen molar-refractivity contribution in [2.24, 2.45) is 0 Å². The highest BCUT2D eigenvalue weighted by molar-refractivity contribution is 8.04. The van der Waals surface area contributed by atoms with Crippen molar-refractivity contribution in [1.82, 2.24) is 9.80 Å². The summed E-state index contributed by atoms with van der Waals surface area (Å²) in [5, 5.41) is 0. The maximum atomic E-state index is 13.9. The summed E-state index contributed by atoms with van der Waals surface area (Å²) in [5.41, 5.74) is 4.34. The Morgan fingerprint density at radius 2 is 1.61 bits per heavy atom. The van der Waals surface area contributed by atoms with Crippen molar-refractivity contribution in [3.8, 4) is 0 Å². The second-order valence-electron chi connectivity index (χ2n) is 10.1. The fraction of sp³-hybridized carbons (Fsp3) is 0.182. The van der Waals surface area contributed by atoms with E-state index in [-0.39, 0.29) is 17.7 Å². The molecule has 1 saturated heterocycles. The van der Waals surface area contributed by atoms with E-state index in [1.807, 2.05) is 79.7 Å². The monoisotopic (exact) mass is 563 g/mol. The largest absolute Gasteiger partial charge is 0.459 e. The summed E-state index contributed by atoms with van der Waals surface area (Å²) in [7, 11) is 0. The molecule has 6 rings (SSSR count). The summed E-state index contributed by atoms with van der Waals surface area (Å²) in [6.45, 7) is 4.13. The van der Waals surface area contributed by atoms with Gasteiger partial charge in [0.05, 0.1) is 23.4 Å². The van der Waals surface area contributed by atoms with Crippen molar-refractivity contribution in [3.63, 3.8) is 0 Å². The summed E-state index contributed by atoms with van der Waals surface area (Å²) in [5.74, 6) is -0.0763. The van der Waals surface area contributed by atoms with Crippen LogP contribution in [-0.2, 0) is 11.3 Å². The molecule has 0 saturated carbocycles. The van der Waals surface area contributed by atoms with Crippen LogP contribution >= 0.6 is 11.8 Å². The fourth-order valence-electron chi connectivity index (χ4n) is 5.15. The summed E-state index contributed by atoms with van der Waals surface area (Å²) in [6.07, 6.45) is 3.40. The number of hydrogen-bond donors (Lipinski definition) is 0. The van der Waals surface area contributed by atoms with Crippen molar-refractivity contribution >= 4 is 41.2 Å². The zero-order chi connectivity index (χ0) is 28.3. The van der Waals surface area contributed by atoms with E-state index in [0.717, 1.165) is 27.3 Å². The molecular formula is C33H29N3O4S. The minimum absolute atomic E-state index is 0.0949. The second kappa shape index (κ2) is 11.5. The number of hydrogen-bond acceptors (Lipinski definition) is 5. The maximum absolute atomic E-state index is 13.9. The Bertz CT molecular complexity index is 1620. The fourth-order valence-corrected chi connectivity index (χ4v) is 6.18. The number of amides is 3. The van der Waals surface area contributed by atoms with E-state index in [1.165, 1.54) is 18.0 Å². The van der Waals surface area contributed by atoms with Gasteiger partial charge in [-0.05, 0) is 54.5 Å². The van der Waals surface area contributed by atoms with Gasteiger partial charge in [0.2, 0.25) is 0 Å². The molecule has 0 unspecified atom stereocenters. The van der Waals surface area contributed by atoms with Crippen LogP contribution in [0.25, 0.3) is 6.08 Å². The van der Waals surface area contributed by atoms with Crippen LogP contribution in [-0.4, -0.2) is 53.7 Å². The van der Waals surface area contributed by atoms with Gasteiger partial charge in [0.15, 0.2) is 5.76 Å². The summed E-state index contributed by atoms with van der Waals surface area (Å²) in [6, 6.07) is 26.9. The first-order chi connectivity index (χ1) is 20.0. The quantitative estimate of drug-likeness (QED) is 0.284. The van der Waals surface area contributed by atoms with Gasteiger partial charge in [-0.15, -0.1) is 0 Å². The molecule has 0 bridgehead atoms. The number of furan rings is 1. The number of benzene rings is 3. The average molecular weight is 564 g/mol. The molecule has 2 aliphatic heterocycles. The molecule has 7 nitrogen and oxygen atoms in total. The number of aryl methyl sites for hydroxylation is 1. The molecule has 206 valence electrons. The molecule has 3 heterocycles. The standard InChI is InChI=1S/C33H29N3O4S/c1-23-7-5-10-25(19-23)22-36-27-21-26(12-13-29(27)41-30(33(36)39)20-24-8-3-2-4-9-24)31(37)34-14-16-35(17-15-34)32(38)28-11-6-18-40-28/h2-13,18-21H,14-17,22H2,1H3/b30-20-. The van der Waals surface area contributed by atoms with Crippen molar-refractivity contribution in [2.75, 3.05) is 31.1 Å². The molecular weight excluding hydrogens is 534 g/mol. The predicted octanol–water partition coefficient (Wildman–Crippen LogP) is 5.87. The molecule has 8 heteroatoms. The van der Waals surface area contributed by atoms with Gasteiger partial charge < -0.3 is 19.1 Å². The number of carbonyl (C=O) groups is 3. The van der Waals surface area contributed by atoms with E-state index in [2.05, 4.69) is 6.07 Å². The first-order valence-electron chi connectivity index (χ1n) is 13.5. The Morgan fingerprint density at radius 1 is 0.854 bits per heavy atom. The minimum atomic E-state index is -0.169. The van der Waals surface area contributed by atoms with Crippen molar-refractivity contribution in [2.45, 2.75) is 18.4 Å². The summed E-state index contributed by atoms with van der Waals surface area (Å²) < 4.78 is 5.24. The third-order valence-corrected chi connectivity index (χ3v) is 8.36. The molecule has 2 aliphatic rings. The number of thioether (sulfide) groups is 1. The third kappa shape index (κ3) is 5.69. The van der Waals surface area contributed by atoms with Gasteiger partial charge in [-0.1, -0.05) is 71.9 Å². The number of anilines is 1. The number of nitrogens with zero attached hydrogens (tertiary/aromatic N) is 3. The predicted molar refractivity (Wildman–Crippen MR) is 160 cm³/mol. The van der Waals surface area contributed by atoms with Gasteiger partial charge in [0, 0.05) is 36.6 Å². The van der Waals surface area contributed by atoms with Crippen LogP contribution in [0.5, 0.6) is 0 Å². The van der Waals surface area contributed by atoms with Gasteiger partial charge in [-0.25, -0.2) is 0 Å². The lowest BCUT2D eigenvalue weighted by Crippen LogP contribution is -2.50. The Morgan fingerprint density at radius 3 is 2.32 bits per heavy atom. The maximum Gasteiger partial charge on any atom is 0.289 e. The lowest BCUT2D eigenvalue weighted by Gasteiger charge is -2.35. The van der Waals surface area contributed by atoms with Crippen LogP contribution in [0, 0.1) is 6.92 Å². The number of rotatable bonds is 5. The lowest BCUT2D eigenvalue weighted by molar-refractivity contribution is -0.114. The number of piperazine rings is 1. The first kappa shape index (κ1) is 26.7. The molecule has 3 amide bonds. The molecule has 3 aromatic carbocycles. The van der Waals surface area contributed by atoms with E-state index in [4.69, 9.17) is 4.42 Å². The van der Waals surface area contributed by atoms with Gasteiger partial charge in [0.25, 0.3) is 17.7 Å². The Kier molecular flexibility index (Phi) is 7.48. The molecule has 0 atom stereocenters. The van der Waals surface area contributed by atoms with Crippen LogP contribution in [0.4, 0.5) is 5.69 Å². The third-order valence-electron chi connectivity index (χ3n) is 7.28. The highest BCUT2D eigenvalue weighted by Gasteiger charge is 2.32. The van der Waals surface area contributed by atoms with Crippen molar-refractivity contribution in [1.29, 1.82) is 0 Å². The Balaban J connectivity index is 1.26. The smallest absolute Gasteiger partial charge is 0.289 e. The second-order valence-corrected chi connectivity index (χ2v) is 11.2. The first-order valence-corrected chi connectivity index (χ1v) is 14.4. The van der Waals surface area contributed by atoms with Crippen molar-refractivity contribution < 1.29 is 18.8 Å². The minimum Gasteiger partial charge on any atom is -0.459 e. The average Bonchev–Trinajstić information content (AvgIpc) is 3.54. The molecule has 41 heavy (non-hydrogen) atoms. The molecule has 0 spiro atoms. The Hall–Kier alpha value is -4.56. The zero-order valence-corrected chi connectivity index (χ0v) is 23.5. The SMILES string of the molecule is Cc1cccc(CN2C(=O)/C(=C/c3ccccc3)Sc3ccc(C(=O)N4CCN(C(=O)c5ccco5)CC4)cc32)c1. The molecule has 0 radical (unpaired) electrons. The topological polar surface area (TPSA) is 74.1 Å². The van der Waals surface area contributed by atoms with E-state index < -0.39 is 0 Å². The Labute approximate surface area is 243 Å². The van der Waals surface area contributed by atoms with Gasteiger partial charge in [0.1, 0.15) is 0 Å². The molecule has 1 fully saturated rings. The normalized spacial score (nSPS) is 16.2. The molecule has 0 aliphatic carbocycles. The van der Waals surface area contributed by atoms with Crippen LogP contribution in [0.3, 0.4) is 0 Å². The van der Waals surface area contributed by atoms with Crippen LogP contribution in [0.1, 0.15) is 37.6 Å². The molecule has 1 aromatic heterocycles. The highest BCUT2D eigenvalue weighted by Crippen LogP contribution is 2.43. The lowest BCUT2D eigenvalue weighted by atomic mass is 10.1. The van der Waals surface area contributed by atoms with E-state index in [1.54, 1.807) is 26.8 Å². The summed E-state index contributed by atoms with van der Waals surface area (Å²) >= 11 is 1.43. The highest BCUT2D eigenvalue weighted by atomic mass is 32.2. The summed E-state index contributed by atoms with van der Waals surface area (Å²) in [4.78, 5) is 46.8. The van der Waals surface area contributed by atoms with Gasteiger partial charge in [-0.3, -0.25) is 14.4 Å². The molecule has 4 aromatic rings. The van der Waals surface area contributed by atoms with Crippen molar-refractivity contribution in [3.05, 3.63) is 124 Å². The molecule has 0 N–H and O–H groups in total. The number of fused-ring (bicyclic) bond motifs is 1. The van der Waals surface area contributed by atoms with Gasteiger partial charge >= 0.3 is 0 Å². The van der Waals surface area contributed by atoms with E-state index >= 15 is 0 Å². The van der Waals surface area contributed by atoms with Crippen LogP contribution in [0.2, 0.25) is 0 Å².